The Balaban J connectivity index is 2.48. The lowest BCUT2D eigenvalue weighted by Gasteiger charge is -2.21. The molecule has 0 aromatic heterocycles. The van der Waals surface area contributed by atoms with E-state index in [4.69, 9.17) is 18.4 Å². The molecule has 28 heavy (non-hydrogen) atoms. The summed E-state index contributed by atoms with van der Waals surface area (Å²) in [5.74, 6) is 0. The minimum atomic E-state index is -3.46. The molecule has 6 nitrogen and oxygen atoms in total. The zero-order valence-corrected chi connectivity index (χ0v) is 20.7. The molecule has 0 N–H and O–H groups in total. The molecule has 0 bridgehead atoms. The molecule has 0 aliphatic carbocycles. The van der Waals surface area contributed by atoms with Crippen molar-refractivity contribution in [3.8, 4) is 0 Å². The summed E-state index contributed by atoms with van der Waals surface area (Å²) in [5, 5.41) is 0. The van der Waals surface area contributed by atoms with Gasteiger partial charge in [-0.15, -0.1) is 0 Å². The molecule has 4 atom stereocenters. The Morgan fingerprint density at radius 1 is 1.14 bits per heavy atom. The van der Waals surface area contributed by atoms with Gasteiger partial charge in [-0.1, -0.05) is 36.1 Å². The van der Waals surface area contributed by atoms with Crippen molar-refractivity contribution in [3.63, 3.8) is 0 Å². The van der Waals surface area contributed by atoms with Gasteiger partial charge in [-0.05, 0) is 57.9 Å². The highest BCUT2D eigenvalue weighted by atomic mass is 127. The summed E-state index contributed by atoms with van der Waals surface area (Å²) in [6.45, 7) is 11.5. The first-order valence-corrected chi connectivity index (χ1v) is 13.3. The average molecular weight is 532 g/mol. The smallest absolute Gasteiger partial charge is 0.264 e. The standard InChI is InChI=1S/C20H37IO6S/c1-6-24-20(25-7-2)13-11-18-14-15(3)19(26-18)12-10-17(9-8-16(4)21)27-28(5,22)23/h16-20H,3,6-14H2,1-2,4-5H3/t16?,17-,18-,19-/m0/s1. The lowest BCUT2D eigenvalue weighted by Crippen LogP contribution is -2.22. The Morgan fingerprint density at radius 2 is 1.79 bits per heavy atom. The molecule has 0 spiro atoms. The van der Waals surface area contributed by atoms with E-state index < -0.39 is 10.1 Å². The Hall–Kier alpha value is 0.260. The number of halogens is 1. The van der Waals surface area contributed by atoms with Gasteiger partial charge < -0.3 is 14.2 Å². The van der Waals surface area contributed by atoms with Gasteiger partial charge in [0.05, 0.1) is 24.6 Å². The first-order valence-electron chi connectivity index (χ1n) is 10.2. The molecule has 166 valence electrons. The average Bonchev–Trinajstić information content (AvgIpc) is 2.94. The Labute approximate surface area is 185 Å². The van der Waals surface area contributed by atoms with E-state index in [1.54, 1.807) is 0 Å². The topological polar surface area (TPSA) is 71.1 Å². The predicted octanol–water partition coefficient (Wildman–Crippen LogP) is 4.61. The summed E-state index contributed by atoms with van der Waals surface area (Å²) >= 11 is 2.35. The predicted molar refractivity (Wildman–Crippen MR) is 120 cm³/mol. The highest BCUT2D eigenvalue weighted by Gasteiger charge is 2.30. The van der Waals surface area contributed by atoms with Crippen LogP contribution >= 0.6 is 22.6 Å². The molecule has 1 aliphatic rings. The Kier molecular flexibility index (Phi) is 12.7. The molecule has 0 aromatic rings. The third-order valence-electron chi connectivity index (χ3n) is 4.68. The number of rotatable bonds is 15. The van der Waals surface area contributed by atoms with Crippen LogP contribution in [0.25, 0.3) is 0 Å². The zero-order chi connectivity index (χ0) is 21.2. The monoisotopic (exact) mass is 532 g/mol. The van der Waals surface area contributed by atoms with Crippen LogP contribution in [0, 0.1) is 0 Å². The van der Waals surface area contributed by atoms with Crippen molar-refractivity contribution < 1.29 is 26.8 Å². The van der Waals surface area contributed by atoms with E-state index in [0.717, 1.165) is 50.4 Å². The van der Waals surface area contributed by atoms with Gasteiger partial charge in [0.25, 0.3) is 10.1 Å². The van der Waals surface area contributed by atoms with Crippen LogP contribution in [0.1, 0.15) is 65.7 Å². The van der Waals surface area contributed by atoms with Gasteiger partial charge >= 0.3 is 0 Å². The fourth-order valence-electron chi connectivity index (χ4n) is 3.39. The molecule has 1 unspecified atom stereocenters. The van der Waals surface area contributed by atoms with E-state index in [2.05, 4.69) is 36.1 Å². The van der Waals surface area contributed by atoms with E-state index in [9.17, 15) is 8.42 Å². The SMILES string of the molecule is C=C1C[C@H](CCC(OCC)OCC)O[C@H]1CC[C@H](CCC(C)I)OS(C)(=O)=O. The van der Waals surface area contributed by atoms with E-state index in [1.807, 2.05) is 13.8 Å². The fraction of sp³-hybridized carbons (Fsp3) is 0.900. The molecule has 0 saturated carbocycles. The second-order valence-electron chi connectivity index (χ2n) is 7.38. The minimum Gasteiger partial charge on any atom is -0.370 e. The van der Waals surface area contributed by atoms with Crippen LogP contribution in [-0.4, -0.2) is 56.4 Å². The van der Waals surface area contributed by atoms with Crippen LogP contribution < -0.4 is 0 Å². The molecule has 0 aromatic carbocycles. The lowest BCUT2D eigenvalue weighted by molar-refractivity contribution is -0.144. The summed E-state index contributed by atoms with van der Waals surface area (Å²) < 4.78 is 46.2. The molecule has 1 fully saturated rings. The van der Waals surface area contributed by atoms with Gasteiger partial charge in [-0.3, -0.25) is 4.18 Å². The lowest BCUT2D eigenvalue weighted by atomic mass is 10.00. The molecule has 1 heterocycles. The van der Waals surface area contributed by atoms with Gasteiger partial charge in [0.1, 0.15) is 0 Å². The number of hydrogen-bond donors (Lipinski definition) is 0. The molecular formula is C20H37IO6S. The van der Waals surface area contributed by atoms with Crippen LogP contribution in [-0.2, 0) is 28.5 Å². The van der Waals surface area contributed by atoms with Crippen LogP contribution in [0.4, 0.5) is 0 Å². The van der Waals surface area contributed by atoms with E-state index >= 15 is 0 Å². The highest BCUT2D eigenvalue weighted by molar-refractivity contribution is 14.1. The summed E-state index contributed by atoms with van der Waals surface area (Å²) in [6, 6.07) is 0. The van der Waals surface area contributed by atoms with Gasteiger partial charge in [0.15, 0.2) is 6.29 Å². The van der Waals surface area contributed by atoms with Crippen molar-refractivity contribution >= 4 is 32.7 Å². The third-order valence-corrected chi connectivity index (χ3v) is 5.92. The largest absolute Gasteiger partial charge is 0.370 e. The van der Waals surface area contributed by atoms with Crippen molar-refractivity contribution in [2.24, 2.45) is 0 Å². The summed E-state index contributed by atoms with van der Waals surface area (Å²) in [5.41, 5.74) is 1.08. The Bertz CT molecular complexity index is 545. The van der Waals surface area contributed by atoms with Crippen molar-refractivity contribution in [2.75, 3.05) is 19.5 Å². The van der Waals surface area contributed by atoms with Gasteiger partial charge in [0.2, 0.25) is 0 Å². The molecule has 1 aliphatic heterocycles. The maximum absolute atomic E-state index is 11.6. The maximum Gasteiger partial charge on any atom is 0.264 e. The Morgan fingerprint density at radius 3 is 2.32 bits per heavy atom. The van der Waals surface area contributed by atoms with Gasteiger partial charge in [-0.25, -0.2) is 0 Å². The minimum absolute atomic E-state index is 0.0367. The molecule has 1 saturated heterocycles. The summed E-state index contributed by atoms with van der Waals surface area (Å²) in [4.78, 5) is 0. The van der Waals surface area contributed by atoms with Crippen LogP contribution in [0.2, 0.25) is 0 Å². The quantitative estimate of drug-likeness (QED) is 0.101. The van der Waals surface area contributed by atoms with Gasteiger partial charge in [-0.2, -0.15) is 8.42 Å². The van der Waals surface area contributed by atoms with Crippen molar-refractivity contribution in [3.05, 3.63) is 12.2 Å². The van der Waals surface area contributed by atoms with Crippen molar-refractivity contribution in [1.29, 1.82) is 0 Å². The van der Waals surface area contributed by atoms with E-state index in [0.29, 0.717) is 23.6 Å². The summed E-state index contributed by atoms with van der Waals surface area (Å²) in [6.07, 6.45) is 6.20. The summed E-state index contributed by atoms with van der Waals surface area (Å²) in [7, 11) is -3.46. The van der Waals surface area contributed by atoms with Gasteiger partial charge in [0, 0.05) is 23.6 Å². The van der Waals surface area contributed by atoms with Crippen LogP contribution in [0.5, 0.6) is 0 Å². The number of hydrogen-bond acceptors (Lipinski definition) is 6. The van der Waals surface area contributed by atoms with E-state index in [-0.39, 0.29) is 24.6 Å². The number of alkyl halides is 1. The zero-order valence-electron chi connectivity index (χ0n) is 17.7. The first-order chi connectivity index (χ1) is 13.1. The number of ether oxygens (including phenoxy) is 3. The second kappa shape index (κ2) is 13.5. The second-order valence-corrected chi connectivity index (χ2v) is 11.1. The maximum atomic E-state index is 11.6. The first kappa shape index (κ1) is 26.3. The molecule has 8 heteroatoms. The van der Waals surface area contributed by atoms with Crippen LogP contribution in [0.15, 0.2) is 12.2 Å². The van der Waals surface area contributed by atoms with E-state index in [1.165, 1.54) is 0 Å². The third kappa shape index (κ3) is 11.4. The fourth-order valence-corrected chi connectivity index (χ4v) is 4.44. The normalized spacial score (nSPS) is 22.7. The molecular weight excluding hydrogens is 495 g/mol. The molecule has 0 radical (unpaired) electrons. The van der Waals surface area contributed by atoms with Crippen molar-refractivity contribution in [1.82, 2.24) is 0 Å². The molecule has 0 amide bonds. The molecule has 1 rings (SSSR count). The van der Waals surface area contributed by atoms with Crippen LogP contribution in [0.3, 0.4) is 0 Å². The van der Waals surface area contributed by atoms with Crippen molar-refractivity contribution in [2.45, 2.75) is 94.2 Å². The highest BCUT2D eigenvalue weighted by Crippen LogP contribution is 2.31.